The fraction of sp³-hybridized carbons (Fsp3) is 0.0833. The Labute approximate surface area is 128 Å². The molecular weight excluding hydrogens is 328 g/mol. The Bertz CT molecular complexity index is 1070. The Morgan fingerprint density at radius 3 is 2.43 bits per heavy atom. The minimum absolute atomic E-state index is 0.105. The van der Waals surface area contributed by atoms with Crippen LogP contribution in [0.15, 0.2) is 33.9 Å². The van der Waals surface area contributed by atoms with Gasteiger partial charge in [-0.3, -0.25) is 4.79 Å². The molecule has 0 saturated carbocycles. The molecule has 1 N–H and O–H groups in total. The smallest absolute Gasteiger partial charge is 0.366 e. The molecule has 0 aliphatic rings. The van der Waals surface area contributed by atoms with Gasteiger partial charge in [0.25, 0.3) is 15.6 Å². The molecule has 0 spiro atoms. The molecule has 0 atom stereocenters. The van der Waals surface area contributed by atoms with E-state index in [-0.39, 0.29) is 19.9 Å². The SMILES string of the molecule is CS(=O)(=O)n1nc(C(=O)O)c(=O)n(-c2ccccc2C#N)c1=O. The van der Waals surface area contributed by atoms with Gasteiger partial charge in [-0.15, -0.1) is 9.19 Å². The van der Waals surface area contributed by atoms with Gasteiger partial charge >= 0.3 is 11.7 Å². The van der Waals surface area contributed by atoms with Gasteiger partial charge in [-0.25, -0.2) is 22.6 Å². The van der Waals surface area contributed by atoms with Gasteiger partial charge in [0.1, 0.15) is 6.07 Å². The molecular formula is C12H8N4O6S. The predicted molar refractivity (Wildman–Crippen MR) is 76.0 cm³/mol. The van der Waals surface area contributed by atoms with E-state index in [1.165, 1.54) is 24.3 Å². The molecule has 0 aliphatic carbocycles. The maximum Gasteiger partial charge on any atom is 0.366 e. The second kappa shape index (κ2) is 5.50. The van der Waals surface area contributed by atoms with Crippen molar-refractivity contribution in [2.75, 3.05) is 6.26 Å². The summed E-state index contributed by atoms with van der Waals surface area (Å²) in [4.78, 5) is 35.5. The zero-order chi connectivity index (χ0) is 17.4. The Hall–Kier alpha value is -3.26. The number of nitriles is 1. The minimum Gasteiger partial charge on any atom is -0.476 e. The van der Waals surface area contributed by atoms with Crippen LogP contribution in [0.1, 0.15) is 16.1 Å². The van der Waals surface area contributed by atoms with Gasteiger partial charge in [0.15, 0.2) is 0 Å². The third kappa shape index (κ3) is 2.74. The lowest BCUT2D eigenvalue weighted by Crippen LogP contribution is -2.45. The van der Waals surface area contributed by atoms with E-state index in [9.17, 15) is 22.8 Å². The molecule has 1 aromatic heterocycles. The highest BCUT2D eigenvalue weighted by molar-refractivity contribution is 7.89. The molecule has 10 nitrogen and oxygen atoms in total. The van der Waals surface area contributed by atoms with Crippen LogP contribution >= 0.6 is 0 Å². The first kappa shape index (κ1) is 16.1. The van der Waals surface area contributed by atoms with Gasteiger partial charge in [0.2, 0.25) is 5.69 Å². The molecule has 11 heteroatoms. The maximum absolute atomic E-state index is 12.3. The third-order valence-electron chi connectivity index (χ3n) is 2.73. The van der Waals surface area contributed by atoms with Gasteiger partial charge in [0, 0.05) is 0 Å². The van der Waals surface area contributed by atoms with Crippen molar-refractivity contribution in [2.24, 2.45) is 0 Å². The Morgan fingerprint density at radius 1 is 1.30 bits per heavy atom. The molecule has 118 valence electrons. The second-order valence-electron chi connectivity index (χ2n) is 4.31. The Morgan fingerprint density at radius 2 is 1.91 bits per heavy atom. The molecule has 0 unspecified atom stereocenters. The number of nitrogens with zero attached hydrogens (tertiary/aromatic N) is 4. The number of carbonyl (C=O) groups is 1. The van der Waals surface area contributed by atoms with Crippen LogP contribution in [0.25, 0.3) is 5.69 Å². The van der Waals surface area contributed by atoms with Crippen LogP contribution in [0.2, 0.25) is 0 Å². The standard InChI is InChI=1S/C12H8N4O6S/c1-23(21,22)16-12(20)15(10(17)9(14-16)11(18)19)8-5-3-2-4-7(8)6-13/h2-5H,1H3,(H,18,19). The molecule has 0 saturated heterocycles. The number of hydrogen-bond donors (Lipinski definition) is 1. The average Bonchev–Trinajstić information content (AvgIpc) is 2.46. The minimum atomic E-state index is -4.27. The van der Waals surface area contributed by atoms with Crippen LogP contribution in [-0.4, -0.2) is 39.5 Å². The van der Waals surface area contributed by atoms with Gasteiger partial charge < -0.3 is 5.11 Å². The Balaban J connectivity index is 3.09. The fourth-order valence-corrected chi connectivity index (χ4v) is 2.38. The predicted octanol–water partition coefficient (Wildman–Crippen LogP) is -1.23. The summed E-state index contributed by atoms with van der Waals surface area (Å²) in [6, 6.07) is 7.08. The molecule has 0 amide bonds. The van der Waals surface area contributed by atoms with Crippen molar-refractivity contribution >= 4 is 16.0 Å². The summed E-state index contributed by atoms with van der Waals surface area (Å²) in [5, 5.41) is 21.1. The van der Waals surface area contributed by atoms with Crippen molar-refractivity contribution in [3.63, 3.8) is 0 Å². The van der Waals surface area contributed by atoms with Crippen molar-refractivity contribution in [1.29, 1.82) is 5.26 Å². The zero-order valence-corrected chi connectivity index (χ0v) is 12.3. The van der Waals surface area contributed by atoms with Gasteiger partial charge in [0.05, 0.1) is 17.5 Å². The van der Waals surface area contributed by atoms with Crippen LogP contribution in [-0.2, 0) is 10.0 Å². The highest BCUT2D eigenvalue weighted by Gasteiger charge is 2.24. The maximum atomic E-state index is 12.3. The van der Waals surface area contributed by atoms with Crippen molar-refractivity contribution in [3.05, 3.63) is 56.4 Å². The lowest BCUT2D eigenvalue weighted by Gasteiger charge is -2.10. The summed E-state index contributed by atoms with van der Waals surface area (Å²) >= 11 is 0. The monoisotopic (exact) mass is 336 g/mol. The van der Waals surface area contributed by atoms with Gasteiger partial charge in [-0.1, -0.05) is 12.1 Å². The van der Waals surface area contributed by atoms with Crippen molar-refractivity contribution in [3.8, 4) is 11.8 Å². The lowest BCUT2D eigenvalue weighted by molar-refractivity contribution is 0.0685. The second-order valence-corrected chi connectivity index (χ2v) is 6.12. The number of carboxylic acids is 1. The van der Waals surface area contributed by atoms with Crippen LogP contribution in [0.4, 0.5) is 0 Å². The van der Waals surface area contributed by atoms with E-state index in [0.717, 1.165) is 0 Å². The summed E-state index contributed by atoms with van der Waals surface area (Å²) in [5.41, 5.74) is -4.26. The molecule has 0 fully saturated rings. The number of aromatic carboxylic acids is 1. The van der Waals surface area contributed by atoms with Crippen molar-refractivity contribution in [2.45, 2.75) is 0 Å². The molecule has 2 rings (SSSR count). The topological polar surface area (TPSA) is 152 Å². The number of hydrogen-bond acceptors (Lipinski definition) is 7. The fourth-order valence-electron chi connectivity index (χ4n) is 1.78. The van der Waals surface area contributed by atoms with Crippen molar-refractivity contribution in [1.82, 2.24) is 13.8 Å². The van der Waals surface area contributed by atoms with Crippen LogP contribution < -0.4 is 11.2 Å². The largest absolute Gasteiger partial charge is 0.476 e. The highest BCUT2D eigenvalue weighted by atomic mass is 32.2. The molecule has 0 aliphatic heterocycles. The highest BCUT2D eigenvalue weighted by Crippen LogP contribution is 2.09. The van der Waals surface area contributed by atoms with Gasteiger partial charge in [-0.2, -0.15) is 5.26 Å². The molecule has 1 aromatic carbocycles. The molecule has 0 radical (unpaired) electrons. The van der Waals surface area contributed by atoms with Crippen LogP contribution in [0, 0.1) is 11.3 Å². The normalized spacial score (nSPS) is 11.0. The van der Waals surface area contributed by atoms with Crippen LogP contribution in [0.5, 0.6) is 0 Å². The Kier molecular flexibility index (Phi) is 3.86. The van der Waals surface area contributed by atoms with Crippen molar-refractivity contribution < 1.29 is 18.3 Å². The molecule has 2 aromatic rings. The first-order valence-corrected chi connectivity index (χ1v) is 7.73. The number of rotatable bonds is 3. The van der Waals surface area contributed by atoms with E-state index in [0.29, 0.717) is 6.26 Å². The summed E-state index contributed by atoms with van der Waals surface area (Å²) in [6.45, 7) is 0. The number of aromatic nitrogens is 3. The quantitative estimate of drug-likeness (QED) is 0.731. The van der Waals surface area contributed by atoms with E-state index in [1.54, 1.807) is 6.07 Å². The first-order valence-electron chi connectivity index (χ1n) is 5.88. The lowest BCUT2D eigenvalue weighted by atomic mass is 10.2. The number of carboxylic acid groups (broad SMARTS) is 1. The van der Waals surface area contributed by atoms with E-state index in [4.69, 9.17) is 10.4 Å². The summed E-state index contributed by atoms with van der Waals surface area (Å²) in [5.74, 6) is -1.81. The summed E-state index contributed by atoms with van der Waals surface area (Å²) < 4.78 is 23.4. The van der Waals surface area contributed by atoms with E-state index >= 15 is 0 Å². The number of benzene rings is 1. The first-order chi connectivity index (χ1) is 10.7. The molecule has 0 bridgehead atoms. The molecule has 23 heavy (non-hydrogen) atoms. The van der Waals surface area contributed by atoms with Crippen LogP contribution in [0.3, 0.4) is 0 Å². The summed E-state index contributed by atoms with van der Waals surface area (Å²) in [6.07, 6.45) is 0.623. The average molecular weight is 336 g/mol. The zero-order valence-electron chi connectivity index (χ0n) is 11.5. The van der Waals surface area contributed by atoms with E-state index < -0.39 is 32.9 Å². The van der Waals surface area contributed by atoms with E-state index in [1.807, 2.05) is 0 Å². The van der Waals surface area contributed by atoms with E-state index in [2.05, 4.69) is 5.10 Å². The molecule has 1 heterocycles. The summed E-state index contributed by atoms with van der Waals surface area (Å²) in [7, 11) is -4.27. The third-order valence-corrected chi connectivity index (χ3v) is 3.60. The number of para-hydroxylation sites is 1. The van der Waals surface area contributed by atoms with Gasteiger partial charge in [-0.05, 0) is 12.1 Å².